The topological polar surface area (TPSA) is 9.23 Å². The molecule has 0 saturated heterocycles. The lowest BCUT2D eigenvalue weighted by atomic mass is 9.98. The van der Waals surface area contributed by atoms with Crippen molar-refractivity contribution in [2.75, 3.05) is 0 Å². The molecule has 0 aromatic heterocycles. The molecule has 0 aliphatic heterocycles. The van der Waals surface area contributed by atoms with Crippen molar-refractivity contribution in [3.8, 4) is 12.3 Å². The minimum absolute atomic E-state index is 0.222. The molecule has 1 unspecified atom stereocenters. The van der Waals surface area contributed by atoms with Crippen molar-refractivity contribution in [1.29, 1.82) is 0 Å². The largest absolute Gasteiger partial charge is 0.408 e. The van der Waals surface area contributed by atoms with Crippen LogP contribution in [0.1, 0.15) is 54.4 Å². The maximum Gasteiger partial charge on any atom is 0.193 e. The fraction of sp³-hybridized carbons (Fsp3) is 0.750. The molecule has 0 rings (SSSR count). The maximum atomic E-state index is 6.57. The fourth-order valence-electron chi connectivity index (χ4n) is 1.82. The molecule has 0 radical (unpaired) electrons. The molecule has 0 N–H and O–H groups in total. The first-order valence-electron chi connectivity index (χ1n) is 6.73. The normalized spacial score (nSPS) is 15.7. The van der Waals surface area contributed by atoms with Gasteiger partial charge in [0.15, 0.2) is 8.32 Å². The average molecular weight is 267 g/mol. The van der Waals surface area contributed by atoms with Gasteiger partial charge in [0, 0.05) is 6.42 Å². The minimum atomic E-state index is -1.77. The molecule has 1 atom stereocenters. The Morgan fingerprint density at radius 2 is 1.72 bits per heavy atom. The SMILES string of the molecule is C#CCCC(C)(C=C(C)C)O[Si](C)(C)C(C)(C)C. The van der Waals surface area contributed by atoms with Gasteiger partial charge in [-0.2, -0.15) is 0 Å². The van der Waals surface area contributed by atoms with Gasteiger partial charge in [-0.1, -0.05) is 32.4 Å². The van der Waals surface area contributed by atoms with E-state index in [4.69, 9.17) is 10.8 Å². The summed E-state index contributed by atoms with van der Waals surface area (Å²) in [7, 11) is -1.77. The van der Waals surface area contributed by atoms with Gasteiger partial charge in [0.2, 0.25) is 0 Å². The highest BCUT2D eigenvalue weighted by Gasteiger charge is 2.41. The zero-order valence-electron chi connectivity index (χ0n) is 13.5. The van der Waals surface area contributed by atoms with Gasteiger partial charge < -0.3 is 4.43 Å². The number of terminal acetylenes is 1. The Morgan fingerprint density at radius 1 is 1.22 bits per heavy atom. The molecule has 2 heteroatoms. The number of rotatable bonds is 5. The quantitative estimate of drug-likeness (QED) is 0.380. The lowest BCUT2D eigenvalue weighted by Gasteiger charge is -2.43. The monoisotopic (exact) mass is 266 g/mol. The van der Waals surface area contributed by atoms with Crippen LogP contribution in [0.3, 0.4) is 0 Å². The van der Waals surface area contributed by atoms with Crippen LogP contribution in [0.5, 0.6) is 0 Å². The van der Waals surface area contributed by atoms with Gasteiger partial charge in [0.05, 0.1) is 5.60 Å². The third-order valence-electron chi connectivity index (χ3n) is 3.65. The van der Waals surface area contributed by atoms with E-state index in [1.807, 2.05) is 0 Å². The second-order valence-electron chi connectivity index (χ2n) is 7.10. The van der Waals surface area contributed by atoms with Crippen molar-refractivity contribution in [2.24, 2.45) is 0 Å². The molecule has 1 nitrogen and oxygen atoms in total. The molecule has 0 aliphatic rings. The summed E-state index contributed by atoms with van der Waals surface area (Å²) in [5.74, 6) is 2.73. The van der Waals surface area contributed by atoms with E-state index in [1.165, 1.54) is 5.57 Å². The van der Waals surface area contributed by atoms with Gasteiger partial charge in [-0.15, -0.1) is 12.3 Å². The molecule has 0 fully saturated rings. The van der Waals surface area contributed by atoms with Crippen molar-refractivity contribution in [1.82, 2.24) is 0 Å². The molecule has 18 heavy (non-hydrogen) atoms. The molecule has 0 aliphatic carbocycles. The van der Waals surface area contributed by atoms with Gasteiger partial charge in [0.25, 0.3) is 0 Å². The second kappa shape index (κ2) is 6.08. The molecular formula is C16H30OSi. The summed E-state index contributed by atoms with van der Waals surface area (Å²) in [6.45, 7) is 17.8. The third-order valence-corrected chi connectivity index (χ3v) is 8.24. The number of hydrogen-bond donors (Lipinski definition) is 0. The molecule has 104 valence electrons. The first-order valence-corrected chi connectivity index (χ1v) is 9.64. The Hall–Kier alpha value is -0.523. The van der Waals surface area contributed by atoms with Crippen molar-refractivity contribution < 1.29 is 4.43 Å². The van der Waals surface area contributed by atoms with Crippen LogP contribution in [-0.4, -0.2) is 13.9 Å². The highest BCUT2D eigenvalue weighted by atomic mass is 28.4. The Kier molecular flexibility index (Phi) is 5.90. The summed E-state index contributed by atoms with van der Waals surface area (Å²) in [6.07, 6.45) is 9.28. The van der Waals surface area contributed by atoms with Crippen LogP contribution >= 0.6 is 0 Å². The van der Waals surface area contributed by atoms with Gasteiger partial charge >= 0.3 is 0 Å². The van der Waals surface area contributed by atoms with E-state index < -0.39 is 8.32 Å². The second-order valence-corrected chi connectivity index (χ2v) is 11.8. The first kappa shape index (κ1) is 17.5. The highest BCUT2D eigenvalue weighted by Crippen LogP contribution is 2.40. The van der Waals surface area contributed by atoms with Crippen molar-refractivity contribution in [2.45, 2.75) is 78.1 Å². The molecule has 0 aromatic rings. The van der Waals surface area contributed by atoms with Crippen LogP contribution in [0.4, 0.5) is 0 Å². The summed E-state index contributed by atoms with van der Waals surface area (Å²) in [5.41, 5.74) is 1.06. The van der Waals surface area contributed by atoms with Crippen LogP contribution in [0.2, 0.25) is 18.1 Å². The van der Waals surface area contributed by atoms with Crippen LogP contribution in [0.25, 0.3) is 0 Å². The van der Waals surface area contributed by atoms with E-state index in [2.05, 4.69) is 66.6 Å². The van der Waals surface area contributed by atoms with E-state index in [0.717, 1.165) is 12.8 Å². The number of allylic oxidation sites excluding steroid dienone is 1. The van der Waals surface area contributed by atoms with Gasteiger partial charge in [-0.25, -0.2) is 0 Å². The first-order chi connectivity index (χ1) is 7.93. The van der Waals surface area contributed by atoms with E-state index >= 15 is 0 Å². The Labute approximate surface area is 115 Å². The Morgan fingerprint density at radius 3 is 2.06 bits per heavy atom. The Balaban J connectivity index is 5.14. The molecule has 0 spiro atoms. The third kappa shape index (κ3) is 5.41. The van der Waals surface area contributed by atoms with Crippen LogP contribution in [0.15, 0.2) is 11.6 Å². The zero-order chi connectivity index (χ0) is 14.6. The highest BCUT2D eigenvalue weighted by molar-refractivity contribution is 6.74. The predicted molar refractivity (Wildman–Crippen MR) is 84.2 cm³/mol. The van der Waals surface area contributed by atoms with E-state index in [0.29, 0.717) is 0 Å². The zero-order valence-corrected chi connectivity index (χ0v) is 14.5. The van der Waals surface area contributed by atoms with Crippen molar-refractivity contribution >= 4 is 8.32 Å². The maximum absolute atomic E-state index is 6.57. The van der Waals surface area contributed by atoms with Crippen molar-refractivity contribution in [3.05, 3.63) is 11.6 Å². The summed E-state index contributed by atoms with van der Waals surface area (Å²) in [6, 6.07) is 0. The molecule has 0 saturated carbocycles. The van der Waals surface area contributed by atoms with E-state index in [-0.39, 0.29) is 10.6 Å². The van der Waals surface area contributed by atoms with Crippen LogP contribution in [0, 0.1) is 12.3 Å². The summed E-state index contributed by atoms with van der Waals surface area (Å²) in [5, 5.41) is 0.222. The average Bonchev–Trinajstić information content (AvgIpc) is 2.10. The number of hydrogen-bond acceptors (Lipinski definition) is 1. The minimum Gasteiger partial charge on any atom is -0.408 e. The molecule has 0 amide bonds. The van der Waals surface area contributed by atoms with Gasteiger partial charge in [-0.05, 0) is 45.3 Å². The van der Waals surface area contributed by atoms with E-state index in [1.54, 1.807) is 0 Å². The molecular weight excluding hydrogens is 236 g/mol. The van der Waals surface area contributed by atoms with Crippen LogP contribution < -0.4 is 0 Å². The Bertz CT molecular complexity index is 337. The standard InChI is InChI=1S/C16H30OSi/c1-10-11-12-16(7,13-14(2)3)17-18(8,9)15(4,5)6/h1,13H,11-12H2,2-9H3. The van der Waals surface area contributed by atoms with Crippen LogP contribution in [-0.2, 0) is 4.43 Å². The van der Waals surface area contributed by atoms with Crippen molar-refractivity contribution in [3.63, 3.8) is 0 Å². The molecule has 0 heterocycles. The molecule has 0 aromatic carbocycles. The smallest absolute Gasteiger partial charge is 0.193 e. The lowest BCUT2D eigenvalue weighted by Crippen LogP contribution is -2.48. The van der Waals surface area contributed by atoms with E-state index in [9.17, 15) is 0 Å². The summed E-state index contributed by atoms with van der Waals surface area (Å²) in [4.78, 5) is 0. The summed E-state index contributed by atoms with van der Waals surface area (Å²) < 4.78 is 6.57. The molecule has 0 bridgehead atoms. The van der Waals surface area contributed by atoms with Gasteiger partial charge in [0.1, 0.15) is 0 Å². The summed E-state index contributed by atoms with van der Waals surface area (Å²) >= 11 is 0. The lowest BCUT2D eigenvalue weighted by molar-refractivity contribution is 0.113. The predicted octanol–water partition coefficient (Wildman–Crippen LogP) is 5.15. The fourth-order valence-corrected chi connectivity index (χ4v) is 3.45. The van der Waals surface area contributed by atoms with Gasteiger partial charge in [-0.3, -0.25) is 0 Å².